The van der Waals surface area contributed by atoms with Gasteiger partial charge in [-0.1, -0.05) is 18.2 Å². The number of aromatic nitrogens is 2. The summed E-state index contributed by atoms with van der Waals surface area (Å²) in [5.74, 6) is 0.649. The van der Waals surface area contributed by atoms with E-state index in [1.807, 2.05) is 43.3 Å². The van der Waals surface area contributed by atoms with Crippen LogP contribution in [0.5, 0.6) is 0 Å². The SMILES string of the molecule is Cc1ncccc1Nc1cc(C#N)c2ccccc2n1. The van der Waals surface area contributed by atoms with E-state index in [-0.39, 0.29) is 0 Å². The molecule has 0 amide bonds. The molecule has 96 valence electrons. The van der Waals surface area contributed by atoms with Crippen LogP contribution in [0.1, 0.15) is 11.3 Å². The molecule has 0 saturated heterocycles. The lowest BCUT2D eigenvalue weighted by atomic mass is 10.1. The summed E-state index contributed by atoms with van der Waals surface area (Å²) in [4.78, 5) is 8.76. The van der Waals surface area contributed by atoms with Crippen molar-refractivity contribution in [2.75, 3.05) is 5.32 Å². The van der Waals surface area contributed by atoms with E-state index in [9.17, 15) is 5.26 Å². The molecule has 1 N–H and O–H groups in total. The Morgan fingerprint density at radius 1 is 1.15 bits per heavy atom. The number of pyridine rings is 2. The van der Waals surface area contributed by atoms with Crippen molar-refractivity contribution in [2.45, 2.75) is 6.92 Å². The van der Waals surface area contributed by atoms with Crippen LogP contribution in [0.15, 0.2) is 48.7 Å². The number of hydrogen-bond donors (Lipinski definition) is 1. The van der Waals surface area contributed by atoms with Crippen molar-refractivity contribution in [3.05, 3.63) is 59.9 Å². The summed E-state index contributed by atoms with van der Waals surface area (Å²) in [5.41, 5.74) is 3.19. The number of anilines is 2. The summed E-state index contributed by atoms with van der Waals surface area (Å²) in [6.45, 7) is 1.93. The number of nitrogens with one attached hydrogen (secondary N) is 1. The standard InChI is InChI=1S/C16H12N4/c1-11-14(7-4-8-18-11)19-16-9-12(10-17)13-5-2-3-6-15(13)20-16/h2-9H,1H3,(H,19,20). The fourth-order valence-electron chi connectivity index (χ4n) is 2.09. The predicted molar refractivity (Wildman–Crippen MR) is 78.7 cm³/mol. The molecular formula is C16H12N4. The second-order valence-corrected chi connectivity index (χ2v) is 4.45. The molecule has 2 aromatic heterocycles. The number of hydrogen-bond acceptors (Lipinski definition) is 4. The van der Waals surface area contributed by atoms with Crippen molar-refractivity contribution >= 4 is 22.4 Å². The Labute approximate surface area is 116 Å². The Morgan fingerprint density at radius 2 is 2.00 bits per heavy atom. The van der Waals surface area contributed by atoms with Gasteiger partial charge in [-0.25, -0.2) is 4.98 Å². The molecule has 0 aliphatic heterocycles. The molecule has 1 aromatic carbocycles. The van der Waals surface area contributed by atoms with Crippen molar-refractivity contribution in [1.82, 2.24) is 9.97 Å². The topological polar surface area (TPSA) is 61.6 Å². The highest BCUT2D eigenvalue weighted by atomic mass is 15.0. The molecule has 0 atom stereocenters. The number of rotatable bonds is 2. The third-order valence-electron chi connectivity index (χ3n) is 3.11. The zero-order valence-corrected chi connectivity index (χ0v) is 11.0. The maximum atomic E-state index is 9.26. The zero-order valence-electron chi connectivity index (χ0n) is 11.0. The van der Waals surface area contributed by atoms with Crippen LogP contribution in [-0.2, 0) is 0 Å². The first-order valence-electron chi connectivity index (χ1n) is 6.26. The average Bonchev–Trinajstić information content (AvgIpc) is 2.49. The van der Waals surface area contributed by atoms with Gasteiger partial charge >= 0.3 is 0 Å². The van der Waals surface area contributed by atoms with Crippen molar-refractivity contribution < 1.29 is 0 Å². The van der Waals surface area contributed by atoms with Gasteiger partial charge in [0.25, 0.3) is 0 Å². The van der Waals surface area contributed by atoms with E-state index in [2.05, 4.69) is 21.4 Å². The average molecular weight is 260 g/mol. The molecule has 2 heterocycles. The van der Waals surface area contributed by atoms with Crippen molar-refractivity contribution in [2.24, 2.45) is 0 Å². The molecule has 4 nitrogen and oxygen atoms in total. The Hall–Kier alpha value is -2.93. The van der Waals surface area contributed by atoms with Gasteiger partial charge in [-0.2, -0.15) is 5.26 Å². The second kappa shape index (κ2) is 4.98. The summed E-state index contributed by atoms with van der Waals surface area (Å²) < 4.78 is 0. The molecule has 0 spiro atoms. The lowest BCUT2D eigenvalue weighted by Gasteiger charge is -2.09. The monoisotopic (exact) mass is 260 g/mol. The number of nitriles is 1. The van der Waals surface area contributed by atoms with Crippen molar-refractivity contribution in [3.8, 4) is 6.07 Å². The molecule has 3 aromatic rings. The quantitative estimate of drug-likeness (QED) is 0.765. The van der Waals surface area contributed by atoms with Crippen LogP contribution in [0.3, 0.4) is 0 Å². The lowest BCUT2D eigenvalue weighted by molar-refractivity contribution is 1.19. The van der Waals surface area contributed by atoms with Gasteiger partial charge in [-0.15, -0.1) is 0 Å². The van der Waals surface area contributed by atoms with Crippen LogP contribution in [0, 0.1) is 18.3 Å². The van der Waals surface area contributed by atoms with E-state index >= 15 is 0 Å². The van der Waals surface area contributed by atoms with Crippen molar-refractivity contribution in [1.29, 1.82) is 5.26 Å². The first-order chi connectivity index (χ1) is 9.78. The zero-order chi connectivity index (χ0) is 13.9. The van der Waals surface area contributed by atoms with E-state index in [0.29, 0.717) is 11.4 Å². The molecule has 0 aliphatic rings. The van der Waals surface area contributed by atoms with Gasteiger partial charge < -0.3 is 5.32 Å². The predicted octanol–water partition coefficient (Wildman–Crippen LogP) is 3.55. The molecule has 3 rings (SSSR count). The van der Waals surface area contributed by atoms with Gasteiger partial charge in [0.05, 0.1) is 28.5 Å². The summed E-state index contributed by atoms with van der Waals surface area (Å²) in [7, 11) is 0. The van der Waals surface area contributed by atoms with Gasteiger partial charge in [0, 0.05) is 11.6 Å². The molecule has 0 fully saturated rings. The minimum absolute atomic E-state index is 0.611. The normalized spacial score (nSPS) is 10.2. The van der Waals surface area contributed by atoms with Gasteiger partial charge in [-0.3, -0.25) is 4.98 Å². The number of para-hydroxylation sites is 1. The second-order valence-electron chi connectivity index (χ2n) is 4.45. The third kappa shape index (κ3) is 2.17. The van der Waals surface area contributed by atoms with Crippen LogP contribution in [0.2, 0.25) is 0 Å². The summed E-state index contributed by atoms with van der Waals surface area (Å²) in [5, 5.41) is 13.3. The molecule has 4 heteroatoms. The first kappa shape index (κ1) is 12.1. The largest absolute Gasteiger partial charge is 0.339 e. The maximum Gasteiger partial charge on any atom is 0.132 e. The Bertz CT molecular complexity index is 818. The Morgan fingerprint density at radius 3 is 2.80 bits per heavy atom. The van der Waals surface area contributed by atoms with E-state index in [0.717, 1.165) is 22.3 Å². The summed E-state index contributed by atoms with van der Waals surface area (Å²) in [6.07, 6.45) is 1.75. The number of aryl methyl sites for hydroxylation is 1. The minimum Gasteiger partial charge on any atom is -0.339 e. The van der Waals surface area contributed by atoms with Crippen LogP contribution >= 0.6 is 0 Å². The minimum atomic E-state index is 0.611. The Balaban J connectivity index is 2.09. The molecule has 0 bridgehead atoms. The smallest absolute Gasteiger partial charge is 0.132 e. The lowest BCUT2D eigenvalue weighted by Crippen LogP contribution is -1.98. The Kier molecular flexibility index (Phi) is 3.02. The fourth-order valence-corrected chi connectivity index (χ4v) is 2.09. The number of fused-ring (bicyclic) bond motifs is 1. The van der Waals surface area contributed by atoms with Gasteiger partial charge in [-0.05, 0) is 31.2 Å². The van der Waals surface area contributed by atoms with Crippen LogP contribution in [0.4, 0.5) is 11.5 Å². The van der Waals surface area contributed by atoms with Crippen molar-refractivity contribution in [3.63, 3.8) is 0 Å². The number of benzene rings is 1. The van der Waals surface area contributed by atoms with Gasteiger partial charge in [0.1, 0.15) is 5.82 Å². The van der Waals surface area contributed by atoms with E-state index in [1.54, 1.807) is 12.3 Å². The number of nitrogens with zero attached hydrogens (tertiary/aromatic N) is 3. The molecule has 0 unspecified atom stereocenters. The molecular weight excluding hydrogens is 248 g/mol. The van der Waals surface area contributed by atoms with Gasteiger partial charge in [0.15, 0.2) is 0 Å². The molecule has 0 aliphatic carbocycles. The summed E-state index contributed by atoms with van der Waals surface area (Å²) >= 11 is 0. The van der Waals surface area contributed by atoms with Crippen LogP contribution in [-0.4, -0.2) is 9.97 Å². The molecule has 0 saturated carbocycles. The van der Waals surface area contributed by atoms with E-state index in [4.69, 9.17) is 0 Å². The van der Waals surface area contributed by atoms with E-state index < -0.39 is 0 Å². The highest BCUT2D eigenvalue weighted by molar-refractivity contribution is 5.86. The third-order valence-corrected chi connectivity index (χ3v) is 3.11. The van der Waals surface area contributed by atoms with E-state index in [1.165, 1.54) is 0 Å². The van der Waals surface area contributed by atoms with Crippen LogP contribution in [0.25, 0.3) is 10.9 Å². The maximum absolute atomic E-state index is 9.26. The van der Waals surface area contributed by atoms with Gasteiger partial charge in [0.2, 0.25) is 0 Å². The fraction of sp³-hybridized carbons (Fsp3) is 0.0625. The van der Waals surface area contributed by atoms with Crippen LogP contribution < -0.4 is 5.32 Å². The molecule has 20 heavy (non-hydrogen) atoms. The highest BCUT2D eigenvalue weighted by Crippen LogP contribution is 2.23. The molecule has 0 radical (unpaired) electrons. The highest BCUT2D eigenvalue weighted by Gasteiger charge is 2.06. The summed E-state index contributed by atoms with van der Waals surface area (Å²) in [6, 6.07) is 15.4. The first-order valence-corrected chi connectivity index (χ1v) is 6.26.